The Hall–Kier alpha value is -2.60. The van der Waals surface area contributed by atoms with Crippen molar-refractivity contribution in [2.45, 2.75) is 25.8 Å². The van der Waals surface area contributed by atoms with Crippen LogP contribution in [-0.2, 0) is 6.42 Å². The first-order valence-electron chi connectivity index (χ1n) is 8.75. The third-order valence-corrected chi connectivity index (χ3v) is 4.88. The Morgan fingerprint density at radius 3 is 2.88 bits per heavy atom. The van der Waals surface area contributed by atoms with Crippen molar-refractivity contribution in [2.24, 2.45) is 0 Å². The third-order valence-electron chi connectivity index (χ3n) is 4.88. The molecular formula is C19H23N5O. The van der Waals surface area contributed by atoms with Gasteiger partial charge in [0.1, 0.15) is 5.75 Å². The second-order valence-corrected chi connectivity index (χ2v) is 6.38. The lowest BCUT2D eigenvalue weighted by molar-refractivity contribution is 0.210. The quantitative estimate of drug-likeness (QED) is 0.750. The van der Waals surface area contributed by atoms with E-state index in [1.165, 1.54) is 11.3 Å². The standard InChI is InChI=1S/C19H23N5O/c1-3-9-24-10-8-16-18(21-12-20-16)19(24)15-11-22-23-17(15)13-4-6-14(25-2)7-5-13/h4-7,11-12,19H,3,8-10H2,1-2H3,(H,20,21)(H,22,23)/t19-/m1/s1. The van der Waals surface area contributed by atoms with Crippen LogP contribution < -0.4 is 4.74 Å². The number of hydrogen-bond acceptors (Lipinski definition) is 4. The zero-order valence-corrected chi connectivity index (χ0v) is 14.6. The van der Waals surface area contributed by atoms with Gasteiger partial charge in [0.2, 0.25) is 0 Å². The number of nitrogens with zero attached hydrogens (tertiary/aromatic N) is 3. The molecule has 6 nitrogen and oxygen atoms in total. The summed E-state index contributed by atoms with van der Waals surface area (Å²) in [7, 11) is 1.68. The van der Waals surface area contributed by atoms with E-state index >= 15 is 0 Å². The highest BCUT2D eigenvalue weighted by Gasteiger charge is 2.33. The van der Waals surface area contributed by atoms with Gasteiger partial charge in [0.05, 0.1) is 37.1 Å². The molecular weight excluding hydrogens is 314 g/mol. The molecule has 0 saturated heterocycles. The van der Waals surface area contributed by atoms with Gasteiger partial charge in [0, 0.05) is 29.8 Å². The minimum absolute atomic E-state index is 0.130. The molecule has 130 valence electrons. The van der Waals surface area contributed by atoms with Crippen LogP contribution in [-0.4, -0.2) is 45.3 Å². The van der Waals surface area contributed by atoms with Crippen LogP contribution in [0, 0.1) is 0 Å². The lowest BCUT2D eigenvalue weighted by Crippen LogP contribution is -2.36. The summed E-state index contributed by atoms with van der Waals surface area (Å²) in [6, 6.07) is 8.21. The predicted octanol–water partition coefficient (Wildman–Crippen LogP) is 3.17. The summed E-state index contributed by atoms with van der Waals surface area (Å²) in [5, 5.41) is 7.53. The van der Waals surface area contributed by atoms with Crippen molar-refractivity contribution in [3.8, 4) is 17.0 Å². The Labute approximate surface area is 147 Å². The van der Waals surface area contributed by atoms with E-state index in [-0.39, 0.29) is 6.04 Å². The minimum Gasteiger partial charge on any atom is -0.497 e. The molecule has 1 aliphatic rings. The molecule has 2 aromatic heterocycles. The average molecular weight is 337 g/mol. The molecule has 0 fully saturated rings. The van der Waals surface area contributed by atoms with Crippen LogP contribution in [0.3, 0.4) is 0 Å². The van der Waals surface area contributed by atoms with Gasteiger partial charge in [-0.05, 0) is 37.2 Å². The molecule has 0 radical (unpaired) electrons. The largest absolute Gasteiger partial charge is 0.497 e. The number of H-pyrrole nitrogens is 2. The molecule has 1 aromatic carbocycles. The summed E-state index contributed by atoms with van der Waals surface area (Å²) in [5.74, 6) is 0.852. The van der Waals surface area contributed by atoms with Gasteiger partial charge >= 0.3 is 0 Å². The maximum atomic E-state index is 5.27. The van der Waals surface area contributed by atoms with E-state index in [2.05, 4.69) is 44.1 Å². The summed E-state index contributed by atoms with van der Waals surface area (Å²) in [4.78, 5) is 10.4. The number of rotatable bonds is 5. The molecule has 1 atom stereocenters. The molecule has 0 aliphatic carbocycles. The molecule has 0 spiro atoms. The maximum absolute atomic E-state index is 5.27. The van der Waals surface area contributed by atoms with E-state index in [0.717, 1.165) is 48.6 Å². The lowest BCUT2D eigenvalue weighted by Gasteiger charge is -2.34. The van der Waals surface area contributed by atoms with Crippen molar-refractivity contribution < 1.29 is 4.74 Å². The Kier molecular flexibility index (Phi) is 4.28. The van der Waals surface area contributed by atoms with Crippen LogP contribution >= 0.6 is 0 Å². The van der Waals surface area contributed by atoms with Gasteiger partial charge in [0.25, 0.3) is 0 Å². The first-order valence-corrected chi connectivity index (χ1v) is 8.75. The molecule has 2 N–H and O–H groups in total. The molecule has 0 saturated carbocycles. The van der Waals surface area contributed by atoms with Gasteiger partial charge in [-0.15, -0.1) is 0 Å². The fourth-order valence-electron chi connectivity index (χ4n) is 3.69. The number of fused-ring (bicyclic) bond motifs is 1. The lowest BCUT2D eigenvalue weighted by atomic mass is 9.93. The summed E-state index contributed by atoms with van der Waals surface area (Å²) in [6.07, 6.45) is 5.88. The highest BCUT2D eigenvalue weighted by atomic mass is 16.5. The van der Waals surface area contributed by atoms with E-state index in [0.29, 0.717) is 0 Å². The number of aromatic nitrogens is 4. The number of methoxy groups -OCH3 is 1. The molecule has 3 heterocycles. The maximum Gasteiger partial charge on any atom is 0.118 e. The molecule has 25 heavy (non-hydrogen) atoms. The summed E-state index contributed by atoms with van der Waals surface area (Å²) in [5.41, 5.74) is 5.68. The third kappa shape index (κ3) is 2.82. The summed E-state index contributed by atoms with van der Waals surface area (Å²) >= 11 is 0. The molecule has 0 bridgehead atoms. The number of benzene rings is 1. The van der Waals surface area contributed by atoms with Gasteiger partial charge < -0.3 is 9.72 Å². The first-order chi connectivity index (χ1) is 12.3. The number of imidazole rings is 1. The normalized spacial score (nSPS) is 17.4. The zero-order chi connectivity index (χ0) is 17.2. The van der Waals surface area contributed by atoms with Crippen molar-refractivity contribution in [2.75, 3.05) is 20.2 Å². The summed E-state index contributed by atoms with van der Waals surface area (Å²) in [6.45, 7) is 4.29. The Morgan fingerprint density at radius 1 is 1.28 bits per heavy atom. The summed E-state index contributed by atoms with van der Waals surface area (Å²) < 4.78 is 5.27. The second-order valence-electron chi connectivity index (χ2n) is 6.38. The van der Waals surface area contributed by atoms with Gasteiger partial charge in [-0.1, -0.05) is 6.92 Å². The molecule has 3 aromatic rings. The smallest absolute Gasteiger partial charge is 0.118 e. The molecule has 6 heteroatoms. The van der Waals surface area contributed by atoms with Crippen LogP contribution in [0.1, 0.15) is 36.3 Å². The van der Waals surface area contributed by atoms with Crippen LogP contribution in [0.5, 0.6) is 5.75 Å². The fourth-order valence-corrected chi connectivity index (χ4v) is 3.69. The van der Waals surface area contributed by atoms with Crippen molar-refractivity contribution in [3.63, 3.8) is 0 Å². The van der Waals surface area contributed by atoms with Gasteiger partial charge in [-0.25, -0.2) is 4.98 Å². The van der Waals surface area contributed by atoms with Crippen molar-refractivity contribution in [1.82, 2.24) is 25.1 Å². The van der Waals surface area contributed by atoms with Crippen LogP contribution in [0.25, 0.3) is 11.3 Å². The fraction of sp³-hybridized carbons (Fsp3) is 0.368. The van der Waals surface area contributed by atoms with Gasteiger partial charge in [-0.3, -0.25) is 10.00 Å². The average Bonchev–Trinajstić information content (AvgIpc) is 3.31. The molecule has 0 unspecified atom stereocenters. The number of hydrogen-bond donors (Lipinski definition) is 2. The Morgan fingerprint density at radius 2 is 2.12 bits per heavy atom. The second kappa shape index (κ2) is 6.72. The monoisotopic (exact) mass is 337 g/mol. The molecule has 1 aliphatic heterocycles. The van der Waals surface area contributed by atoms with Crippen molar-refractivity contribution >= 4 is 0 Å². The first kappa shape index (κ1) is 15.9. The molecule has 0 amide bonds. The van der Waals surface area contributed by atoms with E-state index in [1.54, 1.807) is 13.4 Å². The van der Waals surface area contributed by atoms with Gasteiger partial charge in [-0.2, -0.15) is 5.10 Å². The molecule has 4 rings (SSSR count). The predicted molar refractivity (Wildman–Crippen MR) is 96.6 cm³/mol. The van der Waals surface area contributed by atoms with Crippen LogP contribution in [0.15, 0.2) is 36.8 Å². The van der Waals surface area contributed by atoms with Crippen LogP contribution in [0.4, 0.5) is 0 Å². The number of aromatic amines is 2. The van der Waals surface area contributed by atoms with E-state index in [1.807, 2.05) is 18.3 Å². The highest BCUT2D eigenvalue weighted by Crippen LogP contribution is 2.37. The van der Waals surface area contributed by atoms with E-state index in [4.69, 9.17) is 4.74 Å². The zero-order valence-electron chi connectivity index (χ0n) is 14.6. The van der Waals surface area contributed by atoms with Gasteiger partial charge in [0.15, 0.2) is 0 Å². The van der Waals surface area contributed by atoms with E-state index < -0.39 is 0 Å². The van der Waals surface area contributed by atoms with E-state index in [9.17, 15) is 0 Å². The topological polar surface area (TPSA) is 69.8 Å². The Bertz CT molecular complexity index is 836. The number of ether oxygens (including phenoxy) is 1. The van der Waals surface area contributed by atoms with Crippen molar-refractivity contribution in [1.29, 1.82) is 0 Å². The van der Waals surface area contributed by atoms with Crippen LogP contribution in [0.2, 0.25) is 0 Å². The van der Waals surface area contributed by atoms with Crippen molar-refractivity contribution in [3.05, 3.63) is 53.7 Å². The Balaban J connectivity index is 1.77. The SMILES string of the molecule is CCCN1CCc2[nH]cnc2[C@H]1c1cn[nH]c1-c1ccc(OC)cc1. The minimum atomic E-state index is 0.130. The number of nitrogens with one attached hydrogen (secondary N) is 2. The highest BCUT2D eigenvalue weighted by molar-refractivity contribution is 5.65.